The molecule has 0 heterocycles. The monoisotopic (exact) mass is 246 g/mol. The molecule has 0 saturated heterocycles. The van der Waals surface area contributed by atoms with E-state index in [2.05, 4.69) is 0 Å². The van der Waals surface area contributed by atoms with Crippen molar-refractivity contribution in [3.63, 3.8) is 0 Å². The van der Waals surface area contributed by atoms with Crippen molar-refractivity contribution in [3.05, 3.63) is 0 Å². The number of hydrogen-bond acceptors (Lipinski definition) is 3. The van der Waals surface area contributed by atoms with Crippen molar-refractivity contribution in [2.45, 2.75) is 25.0 Å². The van der Waals surface area contributed by atoms with Crippen molar-refractivity contribution in [3.8, 4) is 0 Å². The molecular weight excluding hydrogens is 231 g/mol. The average Bonchev–Trinajstić information content (AvgIpc) is 2.05. The van der Waals surface area contributed by atoms with Crippen LogP contribution >= 0.6 is 35.0 Å². The van der Waals surface area contributed by atoms with Crippen LogP contribution in [0, 0.1) is 0 Å². The molecule has 5 heteroatoms. The Kier molecular flexibility index (Phi) is 10.0. The van der Waals surface area contributed by atoms with Crippen molar-refractivity contribution < 1.29 is 10.2 Å². The van der Waals surface area contributed by atoms with Gasteiger partial charge in [0.25, 0.3) is 0 Å². The minimum atomic E-state index is -0.356. The molecule has 0 aromatic heterocycles. The topological polar surface area (TPSA) is 40.5 Å². The van der Waals surface area contributed by atoms with E-state index in [9.17, 15) is 10.2 Å². The van der Waals surface area contributed by atoms with E-state index >= 15 is 0 Å². The summed E-state index contributed by atoms with van der Waals surface area (Å²) in [6.07, 6.45) is 0.511. The minimum absolute atomic E-state index is 0.356. The van der Waals surface area contributed by atoms with Crippen LogP contribution in [0.5, 0.6) is 0 Å². The SMILES string of the molecule is OC(CCCl)CSCC(O)CCCl. The Balaban J connectivity index is 3.23. The van der Waals surface area contributed by atoms with Gasteiger partial charge in [0.2, 0.25) is 0 Å². The molecule has 2 atom stereocenters. The molecule has 0 aliphatic rings. The van der Waals surface area contributed by atoms with Gasteiger partial charge in [-0.3, -0.25) is 0 Å². The molecule has 0 rings (SSSR count). The smallest absolute Gasteiger partial charge is 0.0642 e. The van der Waals surface area contributed by atoms with E-state index in [1.165, 1.54) is 11.8 Å². The normalized spacial score (nSPS) is 15.7. The van der Waals surface area contributed by atoms with Crippen LogP contribution in [0.15, 0.2) is 0 Å². The third-order valence-corrected chi connectivity index (χ3v) is 3.18. The lowest BCUT2D eigenvalue weighted by molar-refractivity contribution is 0.191. The van der Waals surface area contributed by atoms with Gasteiger partial charge in [0.1, 0.15) is 0 Å². The number of aliphatic hydroxyl groups excluding tert-OH is 2. The lowest BCUT2D eigenvalue weighted by atomic mass is 10.3. The lowest BCUT2D eigenvalue weighted by Crippen LogP contribution is -2.15. The van der Waals surface area contributed by atoms with Crippen molar-refractivity contribution >= 4 is 35.0 Å². The third-order valence-electron chi connectivity index (χ3n) is 1.51. The summed E-state index contributed by atoms with van der Waals surface area (Å²) in [5.41, 5.74) is 0. The summed E-state index contributed by atoms with van der Waals surface area (Å²) in [5.74, 6) is 2.22. The third kappa shape index (κ3) is 9.16. The minimum Gasteiger partial charge on any atom is -0.392 e. The molecule has 0 bridgehead atoms. The second-order valence-electron chi connectivity index (χ2n) is 2.80. The quantitative estimate of drug-likeness (QED) is 0.641. The molecule has 13 heavy (non-hydrogen) atoms. The molecule has 0 aliphatic carbocycles. The van der Waals surface area contributed by atoms with Gasteiger partial charge in [-0.05, 0) is 12.8 Å². The van der Waals surface area contributed by atoms with Gasteiger partial charge in [-0.2, -0.15) is 11.8 Å². The summed E-state index contributed by atoms with van der Waals surface area (Å²) < 4.78 is 0. The molecule has 2 nitrogen and oxygen atoms in total. The van der Waals surface area contributed by atoms with E-state index in [4.69, 9.17) is 23.2 Å². The highest BCUT2D eigenvalue weighted by Gasteiger charge is 2.06. The zero-order valence-electron chi connectivity index (χ0n) is 7.46. The van der Waals surface area contributed by atoms with Gasteiger partial charge in [-0.15, -0.1) is 23.2 Å². The van der Waals surface area contributed by atoms with Crippen LogP contribution in [0.3, 0.4) is 0 Å². The van der Waals surface area contributed by atoms with Gasteiger partial charge >= 0.3 is 0 Å². The molecule has 0 aromatic carbocycles. The first-order chi connectivity index (χ1) is 6.20. The molecule has 2 unspecified atom stereocenters. The highest BCUT2D eigenvalue weighted by Crippen LogP contribution is 2.10. The van der Waals surface area contributed by atoms with E-state index in [0.717, 1.165) is 0 Å². The maximum absolute atomic E-state index is 9.28. The first-order valence-corrected chi connectivity index (χ1v) is 6.49. The molecule has 0 spiro atoms. The average molecular weight is 247 g/mol. The van der Waals surface area contributed by atoms with Gasteiger partial charge in [0, 0.05) is 23.3 Å². The van der Waals surface area contributed by atoms with E-state index in [0.29, 0.717) is 36.1 Å². The summed E-state index contributed by atoms with van der Waals surface area (Å²) in [7, 11) is 0. The molecule has 0 fully saturated rings. The molecule has 2 N–H and O–H groups in total. The first-order valence-electron chi connectivity index (χ1n) is 4.26. The molecule has 0 aromatic rings. The molecule has 0 amide bonds. The number of halogens is 2. The van der Waals surface area contributed by atoms with Crippen LogP contribution in [-0.2, 0) is 0 Å². The summed E-state index contributed by atoms with van der Waals surface area (Å²) in [6, 6.07) is 0. The number of rotatable bonds is 8. The van der Waals surface area contributed by atoms with Crippen LogP contribution in [0.2, 0.25) is 0 Å². The Morgan fingerprint density at radius 1 is 0.923 bits per heavy atom. The summed E-state index contributed by atoms with van der Waals surface area (Å²) in [5, 5.41) is 18.6. The van der Waals surface area contributed by atoms with E-state index < -0.39 is 0 Å². The van der Waals surface area contributed by atoms with Gasteiger partial charge in [0.15, 0.2) is 0 Å². The maximum Gasteiger partial charge on any atom is 0.0642 e. The second kappa shape index (κ2) is 9.41. The van der Waals surface area contributed by atoms with Gasteiger partial charge in [-0.1, -0.05) is 0 Å². The van der Waals surface area contributed by atoms with Crippen LogP contribution in [0.4, 0.5) is 0 Å². The van der Waals surface area contributed by atoms with Crippen molar-refractivity contribution in [1.29, 1.82) is 0 Å². The van der Waals surface area contributed by atoms with E-state index in [1.807, 2.05) is 0 Å². The number of alkyl halides is 2. The Bertz CT molecular complexity index is 104. The zero-order valence-corrected chi connectivity index (χ0v) is 9.78. The molecule has 0 aliphatic heterocycles. The highest BCUT2D eigenvalue weighted by atomic mass is 35.5. The Morgan fingerprint density at radius 2 is 1.31 bits per heavy atom. The summed E-state index contributed by atoms with van der Waals surface area (Å²) in [4.78, 5) is 0. The largest absolute Gasteiger partial charge is 0.392 e. The Morgan fingerprint density at radius 3 is 1.62 bits per heavy atom. The van der Waals surface area contributed by atoms with Crippen LogP contribution < -0.4 is 0 Å². The van der Waals surface area contributed by atoms with Crippen LogP contribution in [-0.4, -0.2) is 45.7 Å². The van der Waals surface area contributed by atoms with Gasteiger partial charge < -0.3 is 10.2 Å². The summed E-state index contributed by atoms with van der Waals surface area (Å²) in [6.45, 7) is 0. The lowest BCUT2D eigenvalue weighted by Gasteiger charge is -2.10. The molecule has 0 saturated carbocycles. The van der Waals surface area contributed by atoms with E-state index in [-0.39, 0.29) is 12.2 Å². The van der Waals surface area contributed by atoms with Crippen molar-refractivity contribution in [1.82, 2.24) is 0 Å². The number of aliphatic hydroxyl groups is 2. The molecule has 0 radical (unpaired) electrons. The Hall–Kier alpha value is 0.850. The summed E-state index contributed by atoms with van der Waals surface area (Å²) >= 11 is 12.4. The molecular formula is C8H16Cl2O2S. The fourth-order valence-corrected chi connectivity index (χ4v) is 2.28. The number of hydrogen-bond donors (Lipinski definition) is 2. The zero-order chi connectivity index (χ0) is 10.1. The van der Waals surface area contributed by atoms with Gasteiger partial charge in [-0.25, -0.2) is 0 Å². The van der Waals surface area contributed by atoms with Crippen LogP contribution in [0.25, 0.3) is 0 Å². The first kappa shape index (κ1) is 13.8. The number of thioether (sulfide) groups is 1. The predicted molar refractivity (Wildman–Crippen MR) is 60.0 cm³/mol. The standard InChI is InChI=1S/C8H16Cl2O2S/c9-3-1-7(11)5-13-6-8(12)2-4-10/h7-8,11-12H,1-6H2. The van der Waals surface area contributed by atoms with Crippen molar-refractivity contribution in [2.24, 2.45) is 0 Å². The highest BCUT2D eigenvalue weighted by molar-refractivity contribution is 7.99. The second-order valence-corrected chi connectivity index (χ2v) is 4.63. The Labute approximate surface area is 93.6 Å². The predicted octanol–water partition coefficient (Wildman–Crippen LogP) is 1.70. The fraction of sp³-hybridized carbons (Fsp3) is 1.00. The van der Waals surface area contributed by atoms with Crippen LogP contribution in [0.1, 0.15) is 12.8 Å². The molecule has 80 valence electrons. The maximum atomic E-state index is 9.28. The fourth-order valence-electron chi connectivity index (χ4n) is 0.759. The van der Waals surface area contributed by atoms with E-state index in [1.54, 1.807) is 0 Å². The van der Waals surface area contributed by atoms with Crippen molar-refractivity contribution in [2.75, 3.05) is 23.3 Å². The van der Waals surface area contributed by atoms with Gasteiger partial charge in [0.05, 0.1) is 12.2 Å².